The summed E-state index contributed by atoms with van der Waals surface area (Å²) in [6.07, 6.45) is 0.972. The van der Waals surface area contributed by atoms with Crippen LogP contribution in [0.1, 0.15) is 29.3 Å². The number of carbonyl (C=O) groups excluding carboxylic acids is 1. The van der Waals surface area contributed by atoms with Gasteiger partial charge in [0, 0.05) is 0 Å². The van der Waals surface area contributed by atoms with Crippen LogP contribution in [0.15, 0.2) is 12.1 Å². The Bertz CT molecular complexity index is 809. The number of fused-ring (bicyclic) bond motifs is 1. The molecule has 2 fully saturated rings. The number of ether oxygens (including phenoxy) is 1. The molecule has 0 radical (unpaired) electrons. The predicted octanol–water partition coefficient (Wildman–Crippen LogP) is -0.169. The van der Waals surface area contributed by atoms with E-state index in [9.17, 15) is 24.7 Å². The van der Waals surface area contributed by atoms with Crippen LogP contribution < -0.4 is 14.7 Å². The summed E-state index contributed by atoms with van der Waals surface area (Å²) < 4.78 is 11.0. The van der Waals surface area contributed by atoms with Gasteiger partial charge in [-0.2, -0.15) is 0 Å². The molecule has 0 bridgehead atoms. The van der Waals surface area contributed by atoms with Crippen LogP contribution in [0.25, 0.3) is 0 Å². The van der Waals surface area contributed by atoms with Gasteiger partial charge in [0.05, 0.1) is 24.9 Å². The maximum Gasteiger partial charge on any atom is 0.430 e. The zero-order chi connectivity index (χ0) is 20.1. The van der Waals surface area contributed by atoms with Gasteiger partial charge in [-0.25, -0.2) is 4.79 Å². The summed E-state index contributed by atoms with van der Waals surface area (Å²) in [6, 6.07) is 3.07. The van der Waals surface area contributed by atoms with E-state index in [1.807, 2.05) is 6.92 Å². The molecular weight excluding hydrogens is 367 g/mol. The topological polar surface area (TPSA) is 129 Å². The number of aryl methyl sites for hydroxylation is 1. The molecule has 2 atom stereocenters. The molecule has 10 heteroatoms. The van der Waals surface area contributed by atoms with Crippen molar-refractivity contribution in [2.45, 2.75) is 38.2 Å². The van der Waals surface area contributed by atoms with Crippen LogP contribution in [0.2, 0.25) is 6.32 Å². The highest BCUT2D eigenvalue weighted by molar-refractivity contribution is 6.59. The Morgan fingerprint density at radius 2 is 2.07 bits per heavy atom. The van der Waals surface area contributed by atoms with E-state index >= 15 is 0 Å². The Labute approximate surface area is 162 Å². The average Bonchev–Trinajstić information content (AvgIpc) is 3.01. The number of carboxylic acid groups (broad SMARTS) is 1. The molecule has 0 unspecified atom stereocenters. The zero-order valence-corrected chi connectivity index (χ0v) is 15.6. The summed E-state index contributed by atoms with van der Waals surface area (Å²) in [7, 11) is 0. The van der Waals surface area contributed by atoms with Gasteiger partial charge in [-0.1, -0.05) is 19.3 Å². The van der Waals surface area contributed by atoms with Crippen LogP contribution >= 0.6 is 0 Å². The van der Waals surface area contributed by atoms with Gasteiger partial charge in [0.25, 0.3) is 0 Å². The van der Waals surface area contributed by atoms with Gasteiger partial charge in [-0.3, -0.25) is 4.79 Å². The second-order valence-electron chi connectivity index (χ2n) is 7.93. The van der Waals surface area contributed by atoms with Crippen molar-refractivity contribution in [3.05, 3.63) is 23.3 Å². The van der Waals surface area contributed by atoms with Crippen molar-refractivity contribution in [1.29, 1.82) is 0 Å². The molecule has 3 heterocycles. The molecule has 0 saturated carbocycles. The molecule has 0 aromatic heterocycles. The highest BCUT2D eigenvalue weighted by Crippen LogP contribution is 2.39. The number of hydrogen-bond donors (Lipinski definition) is 4. The van der Waals surface area contributed by atoms with Gasteiger partial charge in [0.15, 0.2) is 0 Å². The third kappa shape index (κ3) is 3.43. The molecule has 152 valence electrons. The van der Waals surface area contributed by atoms with Crippen molar-refractivity contribution in [2.75, 3.05) is 19.6 Å². The first kappa shape index (κ1) is 19.0. The minimum Gasteiger partial charge on any atom is -0.669 e. The van der Waals surface area contributed by atoms with Gasteiger partial charge >= 0.3 is 12.7 Å². The Hall–Kier alpha value is -2.30. The van der Waals surface area contributed by atoms with Crippen LogP contribution in [0, 0.1) is 5.92 Å². The van der Waals surface area contributed by atoms with Crippen molar-refractivity contribution in [3.63, 3.8) is 0 Å². The largest absolute Gasteiger partial charge is 0.669 e. The molecule has 0 aliphatic carbocycles. The Morgan fingerprint density at radius 3 is 2.71 bits per heavy atom. The van der Waals surface area contributed by atoms with E-state index in [4.69, 9.17) is 9.39 Å². The molecular formula is C18H24BN2O7-. The molecule has 1 aromatic rings. The highest BCUT2D eigenvalue weighted by Gasteiger charge is 2.40. The number of nitrogens with zero attached hydrogens (tertiary/aromatic N) is 1. The maximum absolute atomic E-state index is 12.5. The standard InChI is InChI=1S/C18H24BN2O7/c1-10-5-7-20-15(10)17(22)21-8-12(9-21)27-13-3-2-11-4-6-19(25,26)28-16(11)14(13)18(23)24/h2-3,10,12,15,20,25-26H,4-9H2,1H3,(H,23,24)/q-1/t10-,15+/m1/s1. The van der Waals surface area contributed by atoms with E-state index in [1.54, 1.807) is 17.0 Å². The van der Waals surface area contributed by atoms with Crippen LogP contribution in [-0.2, 0) is 11.2 Å². The molecule has 4 N–H and O–H groups in total. The smallest absolute Gasteiger partial charge is 0.430 e. The van der Waals surface area contributed by atoms with Crippen molar-refractivity contribution < 1.29 is 34.1 Å². The van der Waals surface area contributed by atoms with E-state index < -0.39 is 12.7 Å². The molecule has 28 heavy (non-hydrogen) atoms. The first-order valence-electron chi connectivity index (χ1n) is 9.62. The van der Waals surface area contributed by atoms with E-state index in [2.05, 4.69) is 5.32 Å². The molecule has 9 nitrogen and oxygen atoms in total. The first-order chi connectivity index (χ1) is 13.2. The monoisotopic (exact) mass is 391 g/mol. The Kier molecular flexibility index (Phi) is 4.72. The van der Waals surface area contributed by atoms with Crippen molar-refractivity contribution in [3.8, 4) is 11.5 Å². The number of benzene rings is 1. The second kappa shape index (κ2) is 6.95. The van der Waals surface area contributed by atoms with Crippen LogP contribution in [-0.4, -0.2) is 70.5 Å². The van der Waals surface area contributed by atoms with Crippen molar-refractivity contribution in [1.82, 2.24) is 10.2 Å². The van der Waals surface area contributed by atoms with Crippen LogP contribution in [0.4, 0.5) is 0 Å². The average molecular weight is 391 g/mol. The van der Waals surface area contributed by atoms with Crippen molar-refractivity contribution >= 4 is 18.6 Å². The molecule has 1 amide bonds. The minimum absolute atomic E-state index is 0.0135. The summed E-state index contributed by atoms with van der Waals surface area (Å²) in [6.45, 7) is 0.572. The Balaban J connectivity index is 1.46. The van der Waals surface area contributed by atoms with Crippen LogP contribution in [0.5, 0.6) is 11.5 Å². The number of carbonyl (C=O) groups is 2. The maximum atomic E-state index is 12.5. The van der Waals surface area contributed by atoms with Gasteiger partial charge in [-0.05, 0) is 36.9 Å². The number of likely N-dealkylation sites (tertiary alicyclic amines) is 1. The number of aromatic carboxylic acids is 1. The van der Waals surface area contributed by atoms with Gasteiger partial charge < -0.3 is 34.8 Å². The summed E-state index contributed by atoms with van der Waals surface area (Å²) in [4.78, 5) is 26.0. The number of rotatable bonds is 4. The first-order valence-corrected chi connectivity index (χ1v) is 9.62. The van der Waals surface area contributed by atoms with E-state index in [0.29, 0.717) is 31.0 Å². The van der Waals surface area contributed by atoms with Crippen molar-refractivity contribution in [2.24, 2.45) is 5.92 Å². The molecule has 4 rings (SSSR count). The Morgan fingerprint density at radius 1 is 1.32 bits per heavy atom. The van der Waals surface area contributed by atoms with Gasteiger partial charge in [0.1, 0.15) is 17.4 Å². The third-order valence-electron chi connectivity index (χ3n) is 5.76. The SMILES string of the molecule is C[C@@H]1CCN[C@@H]1C(=O)N1CC(Oc2ccc3c(c2C(=O)O)O[B-](O)(O)CC3)C1. The minimum atomic E-state index is -3.08. The summed E-state index contributed by atoms with van der Waals surface area (Å²) in [5, 5.41) is 32.4. The number of nitrogens with one attached hydrogen (secondary N) is 1. The zero-order valence-electron chi connectivity index (χ0n) is 15.6. The fourth-order valence-corrected chi connectivity index (χ4v) is 4.07. The number of amides is 1. The summed E-state index contributed by atoms with van der Waals surface area (Å²) in [5.74, 6) is -0.883. The third-order valence-corrected chi connectivity index (χ3v) is 5.76. The molecule has 0 spiro atoms. The lowest BCUT2D eigenvalue weighted by Crippen LogP contribution is -2.60. The summed E-state index contributed by atoms with van der Waals surface area (Å²) in [5.41, 5.74) is 0.375. The summed E-state index contributed by atoms with van der Waals surface area (Å²) >= 11 is 0. The molecule has 3 aliphatic heterocycles. The fraction of sp³-hybridized carbons (Fsp3) is 0.556. The van der Waals surface area contributed by atoms with Crippen LogP contribution in [0.3, 0.4) is 0 Å². The number of carboxylic acids is 1. The highest BCUT2D eigenvalue weighted by atomic mass is 16.6. The van der Waals surface area contributed by atoms with E-state index in [-0.39, 0.29) is 41.4 Å². The lowest BCUT2D eigenvalue weighted by Gasteiger charge is -2.41. The normalized spacial score (nSPS) is 26.2. The van der Waals surface area contributed by atoms with E-state index in [1.165, 1.54) is 0 Å². The van der Waals surface area contributed by atoms with Gasteiger partial charge in [0.2, 0.25) is 5.91 Å². The molecule has 1 aromatic carbocycles. The van der Waals surface area contributed by atoms with E-state index in [0.717, 1.165) is 13.0 Å². The second-order valence-corrected chi connectivity index (χ2v) is 7.93. The fourth-order valence-electron chi connectivity index (χ4n) is 4.07. The predicted molar refractivity (Wildman–Crippen MR) is 99.3 cm³/mol. The lowest BCUT2D eigenvalue weighted by atomic mass is 9.70. The number of hydrogen-bond acceptors (Lipinski definition) is 7. The lowest BCUT2D eigenvalue weighted by molar-refractivity contribution is -0.142. The quantitative estimate of drug-likeness (QED) is 0.521. The molecule has 3 aliphatic rings. The van der Waals surface area contributed by atoms with Gasteiger partial charge in [-0.15, -0.1) is 0 Å². The molecule has 2 saturated heterocycles.